The summed E-state index contributed by atoms with van der Waals surface area (Å²) in [5.41, 5.74) is 1.34. The molecule has 0 saturated carbocycles. The lowest BCUT2D eigenvalue weighted by molar-refractivity contribution is -0.135. The Bertz CT molecular complexity index is 421. The van der Waals surface area contributed by atoms with E-state index in [1.54, 1.807) is 0 Å². The van der Waals surface area contributed by atoms with Crippen molar-refractivity contribution in [1.82, 2.24) is 15.1 Å². The van der Waals surface area contributed by atoms with Crippen LogP contribution in [0.1, 0.15) is 18.9 Å². The van der Waals surface area contributed by atoms with Crippen molar-refractivity contribution in [1.29, 1.82) is 0 Å². The quantitative estimate of drug-likeness (QED) is 0.880. The lowest BCUT2D eigenvalue weighted by atomic mass is 10.1. The van der Waals surface area contributed by atoms with E-state index >= 15 is 0 Å². The van der Waals surface area contributed by atoms with Gasteiger partial charge in [0.25, 0.3) is 0 Å². The Balaban J connectivity index is 1.84. The molecule has 0 radical (unpaired) electrons. The van der Waals surface area contributed by atoms with Gasteiger partial charge >= 0.3 is 0 Å². The number of nitrogens with zero attached hydrogens (tertiary/aromatic N) is 2. The lowest BCUT2D eigenvalue weighted by Gasteiger charge is -2.40. The van der Waals surface area contributed by atoms with Gasteiger partial charge in [0.05, 0.1) is 0 Å². The molecule has 4 heteroatoms. The fraction of sp³-hybridized carbons (Fsp3) is 0.562. The molecular formula is C16H25N3O. The highest BCUT2D eigenvalue weighted by Crippen LogP contribution is 2.13. The van der Waals surface area contributed by atoms with Crippen LogP contribution in [0.15, 0.2) is 30.3 Å². The van der Waals surface area contributed by atoms with E-state index in [1.165, 1.54) is 5.56 Å². The SMILES string of the molecule is CNCCC(=O)N1CCN(Cc2ccccc2)C[C@H]1C. The standard InChI is InChI=1S/C16H25N3O/c1-14-12-18(13-15-6-4-3-5-7-15)10-11-19(14)16(20)8-9-17-2/h3-7,14,17H,8-13H2,1-2H3/t14-/m1/s1. The van der Waals surface area contributed by atoms with E-state index in [4.69, 9.17) is 0 Å². The molecule has 1 N–H and O–H groups in total. The summed E-state index contributed by atoms with van der Waals surface area (Å²) in [6.07, 6.45) is 0.597. The second-order valence-electron chi connectivity index (χ2n) is 5.51. The monoisotopic (exact) mass is 275 g/mol. The normalized spacial score (nSPS) is 20.1. The molecule has 20 heavy (non-hydrogen) atoms. The number of benzene rings is 1. The molecule has 0 spiro atoms. The number of rotatable bonds is 5. The number of hydrogen-bond donors (Lipinski definition) is 1. The Kier molecular flexibility index (Phi) is 5.56. The van der Waals surface area contributed by atoms with Crippen LogP contribution in [-0.2, 0) is 11.3 Å². The van der Waals surface area contributed by atoms with Gasteiger partial charge in [-0.25, -0.2) is 0 Å². The Morgan fingerprint density at radius 2 is 2.05 bits per heavy atom. The Morgan fingerprint density at radius 3 is 2.70 bits per heavy atom. The van der Waals surface area contributed by atoms with Gasteiger partial charge in [0.15, 0.2) is 0 Å². The molecule has 1 atom stereocenters. The third-order valence-corrected chi connectivity index (χ3v) is 3.87. The van der Waals surface area contributed by atoms with Crippen LogP contribution in [0.25, 0.3) is 0 Å². The zero-order valence-corrected chi connectivity index (χ0v) is 12.5. The van der Waals surface area contributed by atoms with E-state index < -0.39 is 0 Å². The van der Waals surface area contributed by atoms with Gasteiger partial charge in [-0.1, -0.05) is 30.3 Å². The molecule has 1 saturated heterocycles. The Hall–Kier alpha value is -1.39. The van der Waals surface area contributed by atoms with Crippen molar-refractivity contribution in [3.63, 3.8) is 0 Å². The highest BCUT2D eigenvalue weighted by molar-refractivity contribution is 5.76. The molecule has 1 aromatic rings. The van der Waals surface area contributed by atoms with Crippen molar-refractivity contribution in [2.45, 2.75) is 25.9 Å². The van der Waals surface area contributed by atoms with Crippen molar-refractivity contribution < 1.29 is 4.79 Å². The van der Waals surface area contributed by atoms with Crippen LogP contribution < -0.4 is 5.32 Å². The van der Waals surface area contributed by atoms with Crippen LogP contribution in [0.2, 0.25) is 0 Å². The zero-order valence-electron chi connectivity index (χ0n) is 12.5. The van der Waals surface area contributed by atoms with Gasteiger partial charge in [-0.3, -0.25) is 9.69 Å². The second kappa shape index (κ2) is 7.41. The summed E-state index contributed by atoms with van der Waals surface area (Å²) < 4.78 is 0. The third kappa shape index (κ3) is 4.05. The third-order valence-electron chi connectivity index (χ3n) is 3.87. The molecule has 1 fully saturated rings. The fourth-order valence-corrected chi connectivity index (χ4v) is 2.76. The van der Waals surface area contributed by atoms with Crippen LogP contribution in [0.4, 0.5) is 0 Å². The van der Waals surface area contributed by atoms with Crippen LogP contribution >= 0.6 is 0 Å². The minimum absolute atomic E-state index is 0.270. The van der Waals surface area contributed by atoms with Crippen LogP contribution in [0, 0.1) is 0 Å². The van der Waals surface area contributed by atoms with E-state index in [0.717, 1.165) is 32.7 Å². The largest absolute Gasteiger partial charge is 0.337 e. The minimum Gasteiger partial charge on any atom is -0.337 e. The fourth-order valence-electron chi connectivity index (χ4n) is 2.76. The van der Waals surface area contributed by atoms with E-state index in [0.29, 0.717) is 12.5 Å². The molecule has 0 aromatic heterocycles. The number of carbonyl (C=O) groups is 1. The summed E-state index contributed by atoms with van der Waals surface area (Å²) in [4.78, 5) is 16.6. The first-order chi connectivity index (χ1) is 9.70. The summed E-state index contributed by atoms with van der Waals surface area (Å²) in [6, 6.07) is 10.8. The van der Waals surface area contributed by atoms with Gasteiger partial charge in [-0.2, -0.15) is 0 Å². The van der Waals surface area contributed by atoms with E-state index in [-0.39, 0.29) is 5.91 Å². The highest BCUT2D eigenvalue weighted by Gasteiger charge is 2.26. The van der Waals surface area contributed by atoms with Crippen LogP contribution in [0.5, 0.6) is 0 Å². The lowest BCUT2D eigenvalue weighted by Crippen LogP contribution is -2.53. The summed E-state index contributed by atoms with van der Waals surface area (Å²) in [6.45, 7) is 6.65. The summed E-state index contributed by atoms with van der Waals surface area (Å²) in [5.74, 6) is 0.270. The molecule has 0 bridgehead atoms. The van der Waals surface area contributed by atoms with Crippen molar-refractivity contribution in [2.24, 2.45) is 0 Å². The second-order valence-corrected chi connectivity index (χ2v) is 5.51. The molecule has 1 aromatic carbocycles. The minimum atomic E-state index is 0.270. The van der Waals surface area contributed by atoms with Crippen LogP contribution in [0.3, 0.4) is 0 Å². The molecule has 1 aliphatic rings. The van der Waals surface area contributed by atoms with E-state index in [1.807, 2.05) is 18.0 Å². The van der Waals surface area contributed by atoms with Gasteiger partial charge in [-0.05, 0) is 19.5 Å². The predicted molar refractivity (Wildman–Crippen MR) is 81.4 cm³/mol. The predicted octanol–water partition coefficient (Wildman–Crippen LogP) is 1.33. The summed E-state index contributed by atoms with van der Waals surface area (Å²) in [7, 11) is 1.88. The molecule has 2 rings (SSSR count). The van der Waals surface area contributed by atoms with Crippen LogP contribution in [-0.4, -0.2) is 55.0 Å². The van der Waals surface area contributed by atoms with Crippen molar-refractivity contribution in [2.75, 3.05) is 33.2 Å². The number of hydrogen-bond acceptors (Lipinski definition) is 3. The average Bonchev–Trinajstić information content (AvgIpc) is 2.46. The van der Waals surface area contributed by atoms with Gasteiger partial charge in [0.1, 0.15) is 0 Å². The molecule has 110 valence electrons. The molecular weight excluding hydrogens is 250 g/mol. The number of carbonyl (C=O) groups excluding carboxylic acids is 1. The zero-order chi connectivity index (χ0) is 14.4. The maximum atomic E-state index is 12.1. The first-order valence-corrected chi connectivity index (χ1v) is 7.41. The number of amides is 1. The first kappa shape index (κ1) is 15.0. The number of nitrogens with one attached hydrogen (secondary N) is 1. The average molecular weight is 275 g/mol. The topological polar surface area (TPSA) is 35.6 Å². The molecule has 1 heterocycles. The summed E-state index contributed by atoms with van der Waals surface area (Å²) >= 11 is 0. The van der Waals surface area contributed by atoms with Gasteiger partial charge < -0.3 is 10.2 Å². The Labute approximate surface area is 121 Å². The summed E-state index contributed by atoms with van der Waals surface area (Å²) in [5, 5.41) is 3.04. The maximum absolute atomic E-state index is 12.1. The molecule has 4 nitrogen and oxygen atoms in total. The molecule has 1 amide bonds. The van der Waals surface area contributed by atoms with E-state index in [2.05, 4.69) is 41.4 Å². The van der Waals surface area contributed by atoms with Crippen molar-refractivity contribution in [3.05, 3.63) is 35.9 Å². The number of piperazine rings is 1. The van der Waals surface area contributed by atoms with Gasteiger partial charge in [0, 0.05) is 45.2 Å². The van der Waals surface area contributed by atoms with Gasteiger partial charge in [-0.15, -0.1) is 0 Å². The molecule has 0 aliphatic carbocycles. The van der Waals surface area contributed by atoms with Crippen molar-refractivity contribution >= 4 is 5.91 Å². The Morgan fingerprint density at radius 1 is 1.30 bits per heavy atom. The van der Waals surface area contributed by atoms with Gasteiger partial charge in [0.2, 0.25) is 5.91 Å². The van der Waals surface area contributed by atoms with Crippen molar-refractivity contribution in [3.8, 4) is 0 Å². The van der Waals surface area contributed by atoms with E-state index in [9.17, 15) is 4.79 Å². The first-order valence-electron chi connectivity index (χ1n) is 7.41. The molecule has 1 aliphatic heterocycles. The highest BCUT2D eigenvalue weighted by atomic mass is 16.2. The molecule has 0 unspecified atom stereocenters. The smallest absolute Gasteiger partial charge is 0.224 e. The maximum Gasteiger partial charge on any atom is 0.224 e.